The van der Waals surface area contributed by atoms with Crippen LogP contribution in [0.5, 0.6) is 0 Å². The van der Waals surface area contributed by atoms with E-state index in [0.29, 0.717) is 0 Å². The molecule has 0 N–H and O–H groups in total. The Bertz CT molecular complexity index is 335. The van der Waals surface area contributed by atoms with Gasteiger partial charge in [-0.2, -0.15) is 0 Å². The fraction of sp³-hybridized carbons (Fsp3) is 0.727. The lowest BCUT2D eigenvalue weighted by Crippen LogP contribution is -2.29. The van der Waals surface area contributed by atoms with Crippen molar-refractivity contribution in [3.8, 4) is 0 Å². The Kier molecular flexibility index (Phi) is 3.26. The molecule has 0 fully saturated rings. The Morgan fingerprint density at radius 1 is 1.47 bits per heavy atom. The van der Waals surface area contributed by atoms with Crippen molar-refractivity contribution < 1.29 is 0 Å². The molecule has 2 heterocycles. The van der Waals surface area contributed by atoms with Gasteiger partial charge in [0.25, 0.3) is 0 Å². The largest absolute Gasteiger partial charge is 0.351 e. The van der Waals surface area contributed by atoms with E-state index in [1.807, 2.05) is 11.3 Å². The van der Waals surface area contributed by atoms with E-state index >= 15 is 0 Å². The number of hydrogen-bond acceptors (Lipinski definition) is 4. The van der Waals surface area contributed by atoms with Crippen LogP contribution in [0.4, 0.5) is 5.13 Å². The minimum atomic E-state index is 1.03. The minimum Gasteiger partial charge on any atom is -0.351 e. The lowest BCUT2D eigenvalue weighted by molar-refractivity contribution is 0.266. The Morgan fingerprint density at radius 3 is 2.93 bits per heavy atom. The van der Waals surface area contributed by atoms with E-state index < -0.39 is 0 Å². The van der Waals surface area contributed by atoms with Gasteiger partial charge in [0.1, 0.15) is 0 Å². The monoisotopic (exact) mass is 225 g/mol. The summed E-state index contributed by atoms with van der Waals surface area (Å²) < 4.78 is 0. The number of nitrogens with zero attached hydrogens (tertiary/aromatic N) is 3. The van der Waals surface area contributed by atoms with Gasteiger partial charge in [0.2, 0.25) is 0 Å². The van der Waals surface area contributed by atoms with Crippen LogP contribution in [-0.2, 0) is 13.0 Å². The second-order valence-corrected chi connectivity index (χ2v) is 5.06. The van der Waals surface area contributed by atoms with Crippen molar-refractivity contribution in [3.05, 3.63) is 10.6 Å². The molecule has 15 heavy (non-hydrogen) atoms. The maximum atomic E-state index is 4.72. The quantitative estimate of drug-likeness (QED) is 0.784. The van der Waals surface area contributed by atoms with Crippen LogP contribution in [0.2, 0.25) is 0 Å². The molecule has 4 heteroatoms. The van der Waals surface area contributed by atoms with E-state index in [-0.39, 0.29) is 0 Å². The Balaban J connectivity index is 2.18. The number of thiazole rings is 1. The SMILES string of the molecule is CCN1CCc2sc(N(C)CC)nc2C1. The molecule has 1 aliphatic rings. The van der Waals surface area contributed by atoms with Gasteiger partial charge in [0.15, 0.2) is 5.13 Å². The average molecular weight is 225 g/mol. The molecular formula is C11H19N3S. The van der Waals surface area contributed by atoms with Gasteiger partial charge < -0.3 is 4.90 Å². The Hall–Kier alpha value is -0.610. The first-order valence-corrected chi connectivity index (χ1v) is 6.48. The Morgan fingerprint density at radius 2 is 2.27 bits per heavy atom. The van der Waals surface area contributed by atoms with E-state index in [1.165, 1.54) is 28.7 Å². The van der Waals surface area contributed by atoms with Crippen LogP contribution < -0.4 is 4.90 Å². The van der Waals surface area contributed by atoms with Crippen molar-refractivity contribution in [1.29, 1.82) is 0 Å². The highest BCUT2D eigenvalue weighted by atomic mass is 32.1. The van der Waals surface area contributed by atoms with Crippen molar-refractivity contribution in [2.45, 2.75) is 26.8 Å². The van der Waals surface area contributed by atoms with Gasteiger partial charge in [-0.05, 0) is 19.9 Å². The summed E-state index contributed by atoms with van der Waals surface area (Å²) in [6.45, 7) is 8.79. The van der Waals surface area contributed by atoms with E-state index in [2.05, 4.69) is 30.7 Å². The third-order valence-corrected chi connectivity index (χ3v) is 4.32. The molecule has 1 aromatic heterocycles. The van der Waals surface area contributed by atoms with Gasteiger partial charge in [-0.1, -0.05) is 6.92 Å². The summed E-state index contributed by atoms with van der Waals surface area (Å²) in [6, 6.07) is 0. The fourth-order valence-corrected chi connectivity index (χ4v) is 2.89. The van der Waals surface area contributed by atoms with Gasteiger partial charge in [-0.3, -0.25) is 4.90 Å². The molecule has 84 valence electrons. The summed E-state index contributed by atoms with van der Waals surface area (Å²) in [6.07, 6.45) is 1.18. The van der Waals surface area contributed by atoms with Gasteiger partial charge in [-0.25, -0.2) is 4.98 Å². The number of fused-ring (bicyclic) bond motifs is 1. The molecule has 0 atom stereocenters. The van der Waals surface area contributed by atoms with Crippen LogP contribution in [-0.4, -0.2) is 36.6 Å². The van der Waals surface area contributed by atoms with Gasteiger partial charge in [0, 0.05) is 31.6 Å². The Labute approximate surface area is 95.7 Å². The predicted molar refractivity (Wildman–Crippen MR) is 65.7 cm³/mol. The van der Waals surface area contributed by atoms with Crippen LogP contribution in [0.3, 0.4) is 0 Å². The smallest absolute Gasteiger partial charge is 0.185 e. The lowest BCUT2D eigenvalue weighted by Gasteiger charge is -2.23. The van der Waals surface area contributed by atoms with Crippen molar-refractivity contribution >= 4 is 16.5 Å². The summed E-state index contributed by atoms with van der Waals surface area (Å²) >= 11 is 1.87. The maximum Gasteiger partial charge on any atom is 0.185 e. The summed E-state index contributed by atoms with van der Waals surface area (Å²) in [4.78, 5) is 10.9. The zero-order valence-electron chi connectivity index (χ0n) is 9.79. The molecular weight excluding hydrogens is 206 g/mol. The number of aromatic nitrogens is 1. The highest BCUT2D eigenvalue weighted by Gasteiger charge is 2.20. The second kappa shape index (κ2) is 4.49. The van der Waals surface area contributed by atoms with Crippen LogP contribution in [0.1, 0.15) is 24.4 Å². The van der Waals surface area contributed by atoms with Crippen LogP contribution in [0.25, 0.3) is 0 Å². The molecule has 0 bridgehead atoms. The molecule has 0 radical (unpaired) electrons. The maximum absolute atomic E-state index is 4.72. The normalized spacial score (nSPS) is 16.5. The molecule has 0 saturated carbocycles. The standard InChI is InChI=1S/C11H19N3S/c1-4-13(3)11-12-9-8-14(5-2)7-6-10(9)15-11/h4-8H2,1-3H3. The van der Waals surface area contributed by atoms with E-state index in [1.54, 1.807) is 0 Å². The predicted octanol–water partition coefficient (Wildman–Crippen LogP) is 1.98. The van der Waals surface area contributed by atoms with E-state index in [9.17, 15) is 0 Å². The first-order chi connectivity index (χ1) is 7.24. The highest BCUT2D eigenvalue weighted by molar-refractivity contribution is 7.15. The highest BCUT2D eigenvalue weighted by Crippen LogP contribution is 2.29. The molecule has 0 aliphatic carbocycles. The molecule has 0 spiro atoms. The summed E-state index contributed by atoms with van der Waals surface area (Å²) in [5.74, 6) is 0. The van der Waals surface area contributed by atoms with Crippen molar-refractivity contribution in [3.63, 3.8) is 0 Å². The molecule has 1 aliphatic heterocycles. The number of hydrogen-bond donors (Lipinski definition) is 0. The number of likely N-dealkylation sites (N-methyl/N-ethyl adjacent to an activating group) is 1. The first-order valence-electron chi connectivity index (χ1n) is 5.66. The van der Waals surface area contributed by atoms with Gasteiger partial charge in [0.05, 0.1) is 5.69 Å². The van der Waals surface area contributed by atoms with E-state index in [4.69, 9.17) is 4.98 Å². The molecule has 0 unspecified atom stereocenters. The number of rotatable bonds is 3. The van der Waals surface area contributed by atoms with Crippen molar-refractivity contribution in [2.24, 2.45) is 0 Å². The van der Waals surface area contributed by atoms with Crippen LogP contribution in [0, 0.1) is 0 Å². The molecule has 3 nitrogen and oxygen atoms in total. The van der Waals surface area contributed by atoms with Gasteiger partial charge >= 0.3 is 0 Å². The van der Waals surface area contributed by atoms with Crippen LogP contribution >= 0.6 is 11.3 Å². The summed E-state index contributed by atoms with van der Waals surface area (Å²) in [7, 11) is 2.11. The third kappa shape index (κ3) is 2.16. The van der Waals surface area contributed by atoms with Gasteiger partial charge in [-0.15, -0.1) is 11.3 Å². The topological polar surface area (TPSA) is 19.4 Å². The molecule has 2 rings (SSSR count). The first kappa shape index (κ1) is 10.9. The number of anilines is 1. The molecule has 0 amide bonds. The third-order valence-electron chi connectivity index (χ3n) is 3.04. The van der Waals surface area contributed by atoms with Crippen LogP contribution in [0.15, 0.2) is 0 Å². The van der Waals surface area contributed by atoms with E-state index in [0.717, 1.165) is 19.6 Å². The molecule has 0 saturated heterocycles. The average Bonchev–Trinajstić information content (AvgIpc) is 2.70. The molecule has 0 aromatic carbocycles. The summed E-state index contributed by atoms with van der Waals surface area (Å²) in [5.41, 5.74) is 1.31. The fourth-order valence-electron chi connectivity index (χ4n) is 1.81. The zero-order valence-corrected chi connectivity index (χ0v) is 10.6. The minimum absolute atomic E-state index is 1.03. The molecule has 1 aromatic rings. The lowest BCUT2D eigenvalue weighted by atomic mass is 10.2. The van der Waals surface area contributed by atoms with Crippen molar-refractivity contribution in [1.82, 2.24) is 9.88 Å². The summed E-state index contributed by atoms with van der Waals surface area (Å²) in [5, 5.41) is 1.18. The second-order valence-electron chi connectivity index (χ2n) is 4.00. The zero-order chi connectivity index (χ0) is 10.8. The van der Waals surface area contributed by atoms with Crippen molar-refractivity contribution in [2.75, 3.05) is 31.6 Å².